The van der Waals surface area contributed by atoms with E-state index in [9.17, 15) is 4.79 Å². The average Bonchev–Trinajstić information content (AvgIpc) is 2.65. The molecule has 0 saturated heterocycles. The van der Waals surface area contributed by atoms with Crippen molar-refractivity contribution in [2.75, 3.05) is 0 Å². The summed E-state index contributed by atoms with van der Waals surface area (Å²) in [5.74, 6) is 0.715. The minimum atomic E-state index is -0.549. The molecule has 2 aliphatic carbocycles. The highest BCUT2D eigenvalue weighted by Crippen LogP contribution is 2.42. The van der Waals surface area contributed by atoms with Gasteiger partial charge >= 0.3 is 5.97 Å². The fraction of sp³-hybridized carbons (Fsp3) is 0.900. The molecule has 2 aliphatic rings. The van der Waals surface area contributed by atoms with Gasteiger partial charge in [0, 0.05) is 0 Å². The molecule has 0 aliphatic heterocycles. The minimum Gasteiger partial charge on any atom is -0.481 e. The SMILES string of the molecule is O=C(O)C(CC1CC1)C1CCC1. The summed E-state index contributed by atoms with van der Waals surface area (Å²) in [5.41, 5.74) is 0. The zero-order chi connectivity index (χ0) is 8.55. The number of carboxylic acid groups (broad SMARTS) is 1. The summed E-state index contributed by atoms with van der Waals surface area (Å²) in [5, 5.41) is 8.99. The second kappa shape index (κ2) is 3.08. The molecule has 2 nitrogen and oxygen atoms in total. The number of hydrogen-bond donors (Lipinski definition) is 1. The van der Waals surface area contributed by atoms with Gasteiger partial charge in [0.2, 0.25) is 0 Å². The maximum absolute atomic E-state index is 10.9. The maximum atomic E-state index is 10.9. The lowest BCUT2D eigenvalue weighted by atomic mass is 9.74. The van der Waals surface area contributed by atoms with Crippen LogP contribution >= 0.6 is 0 Å². The summed E-state index contributed by atoms with van der Waals surface area (Å²) >= 11 is 0. The number of rotatable bonds is 4. The molecule has 2 rings (SSSR count). The standard InChI is InChI=1S/C10H16O2/c11-10(12)9(6-7-4-5-7)8-2-1-3-8/h7-9H,1-6H2,(H,11,12). The van der Waals surface area contributed by atoms with Crippen LogP contribution in [0.5, 0.6) is 0 Å². The number of hydrogen-bond acceptors (Lipinski definition) is 1. The van der Waals surface area contributed by atoms with Gasteiger partial charge in [0.1, 0.15) is 0 Å². The number of carbonyl (C=O) groups is 1. The van der Waals surface area contributed by atoms with Gasteiger partial charge in [-0.05, 0) is 31.1 Å². The summed E-state index contributed by atoms with van der Waals surface area (Å²) < 4.78 is 0. The Morgan fingerprint density at radius 3 is 2.33 bits per heavy atom. The molecule has 1 unspecified atom stereocenters. The molecule has 1 N–H and O–H groups in total. The molecule has 0 spiro atoms. The third-order valence-electron chi connectivity index (χ3n) is 3.32. The Kier molecular flexibility index (Phi) is 2.07. The van der Waals surface area contributed by atoms with Crippen LogP contribution in [0.15, 0.2) is 0 Å². The van der Waals surface area contributed by atoms with Crippen LogP contribution in [0.4, 0.5) is 0 Å². The fourth-order valence-corrected chi connectivity index (χ4v) is 2.05. The maximum Gasteiger partial charge on any atom is 0.306 e. The van der Waals surface area contributed by atoms with Crippen molar-refractivity contribution in [1.82, 2.24) is 0 Å². The van der Waals surface area contributed by atoms with Crippen molar-refractivity contribution in [3.63, 3.8) is 0 Å². The Balaban J connectivity index is 1.86. The van der Waals surface area contributed by atoms with Crippen LogP contribution in [0.1, 0.15) is 38.5 Å². The molecule has 0 amide bonds. The Hall–Kier alpha value is -0.530. The first kappa shape index (κ1) is 8.09. The summed E-state index contributed by atoms with van der Waals surface area (Å²) in [6, 6.07) is 0. The number of carboxylic acids is 1. The molecule has 2 saturated carbocycles. The van der Waals surface area contributed by atoms with Crippen molar-refractivity contribution in [2.45, 2.75) is 38.5 Å². The van der Waals surface area contributed by atoms with Gasteiger partial charge in [-0.2, -0.15) is 0 Å². The van der Waals surface area contributed by atoms with Crippen molar-refractivity contribution < 1.29 is 9.90 Å². The minimum absolute atomic E-state index is 0.00810. The lowest BCUT2D eigenvalue weighted by molar-refractivity contribution is -0.145. The van der Waals surface area contributed by atoms with E-state index in [4.69, 9.17) is 5.11 Å². The van der Waals surface area contributed by atoms with Gasteiger partial charge in [-0.15, -0.1) is 0 Å². The topological polar surface area (TPSA) is 37.3 Å². The van der Waals surface area contributed by atoms with Gasteiger partial charge in [0.15, 0.2) is 0 Å². The Morgan fingerprint density at radius 2 is 2.00 bits per heavy atom. The molecule has 2 heteroatoms. The molecular formula is C10H16O2. The van der Waals surface area contributed by atoms with Crippen LogP contribution in [0, 0.1) is 17.8 Å². The second-order valence-corrected chi connectivity index (χ2v) is 4.31. The molecule has 1 atom stereocenters. The van der Waals surface area contributed by atoms with Crippen LogP contribution in [0.25, 0.3) is 0 Å². The van der Waals surface area contributed by atoms with Crippen LogP contribution < -0.4 is 0 Å². The molecule has 0 heterocycles. The molecular weight excluding hydrogens is 152 g/mol. The Bertz CT molecular complexity index is 180. The van der Waals surface area contributed by atoms with E-state index >= 15 is 0 Å². The Morgan fingerprint density at radius 1 is 1.33 bits per heavy atom. The zero-order valence-corrected chi connectivity index (χ0v) is 7.33. The summed E-state index contributed by atoms with van der Waals surface area (Å²) in [4.78, 5) is 10.9. The normalized spacial score (nSPS) is 26.3. The van der Waals surface area contributed by atoms with E-state index in [1.54, 1.807) is 0 Å². The zero-order valence-electron chi connectivity index (χ0n) is 7.33. The van der Waals surface area contributed by atoms with E-state index in [2.05, 4.69) is 0 Å². The third-order valence-corrected chi connectivity index (χ3v) is 3.32. The van der Waals surface area contributed by atoms with Crippen molar-refractivity contribution >= 4 is 5.97 Å². The molecule has 0 radical (unpaired) electrons. The van der Waals surface area contributed by atoms with Crippen molar-refractivity contribution in [2.24, 2.45) is 17.8 Å². The summed E-state index contributed by atoms with van der Waals surface area (Å²) in [6.07, 6.45) is 7.07. The quantitative estimate of drug-likeness (QED) is 0.699. The van der Waals surface area contributed by atoms with E-state index in [1.807, 2.05) is 0 Å². The molecule has 12 heavy (non-hydrogen) atoms. The highest BCUT2D eigenvalue weighted by Gasteiger charge is 2.36. The highest BCUT2D eigenvalue weighted by atomic mass is 16.4. The highest BCUT2D eigenvalue weighted by molar-refractivity contribution is 5.70. The lowest BCUT2D eigenvalue weighted by Crippen LogP contribution is -2.29. The first-order valence-electron chi connectivity index (χ1n) is 5.00. The summed E-state index contributed by atoms with van der Waals surface area (Å²) in [6.45, 7) is 0. The van der Waals surface area contributed by atoms with Crippen LogP contribution in [-0.2, 0) is 4.79 Å². The molecule has 0 aromatic rings. The molecule has 0 bridgehead atoms. The smallest absolute Gasteiger partial charge is 0.306 e. The Labute approximate surface area is 73.0 Å². The van der Waals surface area contributed by atoms with Crippen molar-refractivity contribution in [3.8, 4) is 0 Å². The molecule has 0 aromatic carbocycles. The second-order valence-electron chi connectivity index (χ2n) is 4.31. The van der Waals surface area contributed by atoms with E-state index in [1.165, 1.54) is 19.3 Å². The predicted octanol–water partition coefficient (Wildman–Crippen LogP) is 2.29. The first-order chi connectivity index (χ1) is 5.77. The van der Waals surface area contributed by atoms with Gasteiger partial charge in [-0.25, -0.2) is 0 Å². The number of aliphatic carboxylic acids is 1. The summed E-state index contributed by atoms with van der Waals surface area (Å²) in [7, 11) is 0. The molecule has 2 fully saturated rings. The van der Waals surface area contributed by atoms with Gasteiger partial charge in [-0.1, -0.05) is 19.3 Å². The van der Waals surface area contributed by atoms with E-state index in [-0.39, 0.29) is 5.92 Å². The van der Waals surface area contributed by atoms with E-state index in [0.717, 1.165) is 25.2 Å². The fourth-order valence-electron chi connectivity index (χ4n) is 2.05. The van der Waals surface area contributed by atoms with Gasteiger partial charge in [0.25, 0.3) is 0 Å². The van der Waals surface area contributed by atoms with E-state index < -0.39 is 5.97 Å². The van der Waals surface area contributed by atoms with Crippen LogP contribution in [0.2, 0.25) is 0 Å². The van der Waals surface area contributed by atoms with Gasteiger partial charge in [0.05, 0.1) is 5.92 Å². The third kappa shape index (κ3) is 1.62. The predicted molar refractivity (Wildman–Crippen MR) is 45.8 cm³/mol. The van der Waals surface area contributed by atoms with Crippen molar-refractivity contribution in [3.05, 3.63) is 0 Å². The average molecular weight is 168 g/mol. The van der Waals surface area contributed by atoms with E-state index in [0.29, 0.717) is 5.92 Å². The van der Waals surface area contributed by atoms with Gasteiger partial charge in [-0.3, -0.25) is 4.79 Å². The molecule has 68 valence electrons. The monoisotopic (exact) mass is 168 g/mol. The van der Waals surface area contributed by atoms with Crippen LogP contribution in [-0.4, -0.2) is 11.1 Å². The molecule has 0 aromatic heterocycles. The van der Waals surface area contributed by atoms with Crippen LogP contribution in [0.3, 0.4) is 0 Å². The van der Waals surface area contributed by atoms with Gasteiger partial charge < -0.3 is 5.11 Å². The largest absolute Gasteiger partial charge is 0.481 e. The van der Waals surface area contributed by atoms with Crippen molar-refractivity contribution in [1.29, 1.82) is 0 Å². The first-order valence-corrected chi connectivity index (χ1v) is 5.00. The lowest BCUT2D eigenvalue weighted by Gasteiger charge is -2.31.